The van der Waals surface area contributed by atoms with E-state index in [0.717, 1.165) is 4.52 Å². The molecule has 0 unspecified atom stereocenters. The number of fused-ring (bicyclic) bond motifs is 1. The van der Waals surface area contributed by atoms with Crippen LogP contribution in [0.5, 0.6) is 5.88 Å². The second-order valence-corrected chi connectivity index (χ2v) is 10.4. The number of alkyl halides is 2. The van der Waals surface area contributed by atoms with E-state index in [-0.39, 0.29) is 45.6 Å². The molecule has 4 heterocycles. The van der Waals surface area contributed by atoms with E-state index in [1.54, 1.807) is 24.4 Å². The van der Waals surface area contributed by atoms with Gasteiger partial charge in [0.1, 0.15) is 16.9 Å². The van der Waals surface area contributed by atoms with Gasteiger partial charge in [-0.2, -0.15) is 13.9 Å². The number of carbonyl (C=O) groups is 2. The number of nitrogens with two attached hydrogens (primary N) is 1. The number of nitrogens with zero attached hydrogens (tertiary/aromatic N) is 4. The van der Waals surface area contributed by atoms with E-state index in [1.807, 2.05) is 0 Å². The standard InChI is InChI=1S/C31H24F4N6O3/c1-16-20(15-21(29(38-16)44-30(34)35)28(43)39-31(10-11-31)23-4-2-3-12-37-23)19-9-13-41-26(25(19)33)24(27(36)42)22(40-41)14-17-5-7-18(32)8-6-17/h2-9,12-13,15,30H,10-11,14H2,1H3,(H2,36,42)(H,39,43). The summed E-state index contributed by atoms with van der Waals surface area (Å²) in [5, 5.41) is 7.18. The highest BCUT2D eigenvalue weighted by Crippen LogP contribution is 2.45. The van der Waals surface area contributed by atoms with Crippen molar-refractivity contribution in [2.75, 3.05) is 0 Å². The van der Waals surface area contributed by atoms with Crippen molar-refractivity contribution < 1.29 is 31.9 Å². The zero-order valence-electron chi connectivity index (χ0n) is 23.2. The molecule has 1 aliphatic carbocycles. The van der Waals surface area contributed by atoms with Crippen LogP contribution < -0.4 is 15.8 Å². The number of pyridine rings is 3. The third kappa shape index (κ3) is 5.32. The van der Waals surface area contributed by atoms with Gasteiger partial charge in [-0.05, 0) is 61.7 Å². The molecule has 5 aromatic rings. The Morgan fingerprint density at radius 2 is 1.84 bits per heavy atom. The molecular weight excluding hydrogens is 580 g/mol. The molecule has 0 bridgehead atoms. The molecule has 1 fully saturated rings. The minimum atomic E-state index is -3.28. The minimum Gasteiger partial charge on any atom is -0.416 e. The average Bonchev–Trinajstić information content (AvgIpc) is 3.67. The topological polar surface area (TPSA) is 124 Å². The molecule has 0 saturated heterocycles. The number of carbonyl (C=O) groups excluding carboxylic acids is 2. The Balaban J connectivity index is 1.44. The van der Waals surface area contributed by atoms with Crippen molar-refractivity contribution >= 4 is 17.3 Å². The largest absolute Gasteiger partial charge is 0.416 e. The first-order valence-corrected chi connectivity index (χ1v) is 13.5. The van der Waals surface area contributed by atoms with E-state index in [1.165, 1.54) is 49.5 Å². The molecule has 0 aliphatic heterocycles. The number of aryl methyl sites for hydroxylation is 1. The van der Waals surface area contributed by atoms with Crippen molar-refractivity contribution in [2.24, 2.45) is 5.73 Å². The smallest absolute Gasteiger partial charge is 0.388 e. The minimum absolute atomic E-state index is 0.0671. The first kappa shape index (κ1) is 28.8. The van der Waals surface area contributed by atoms with Crippen LogP contribution in [0.3, 0.4) is 0 Å². The maximum atomic E-state index is 16.3. The Morgan fingerprint density at radius 1 is 1.09 bits per heavy atom. The van der Waals surface area contributed by atoms with Crippen LogP contribution in [0.1, 0.15) is 56.2 Å². The molecule has 3 N–H and O–H groups in total. The van der Waals surface area contributed by atoms with Gasteiger partial charge in [0, 0.05) is 35.6 Å². The van der Waals surface area contributed by atoms with Crippen LogP contribution in [-0.4, -0.2) is 38.0 Å². The summed E-state index contributed by atoms with van der Waals surface area (Å²) >= 11 is 0. The van der Waals surface area contributed by atoms with Crippen LogP contribution in [0.25, 0.3) is 16.6 Å². The number of rotatable bonds is 9. The van der Waals surface area contributed by atoms with Gasteiger partial charge in [0.15, 0.2) is 5.82 Å². The summed E-state index contributed by atoms with van der Waals surface area (Å²) in [5.74, 6) is -3.66. The molecule has 1 aliphatic rings. The van der Waals surface area contributed by atoms with Crippen molar-refractivity contribution in [1.82, 2.24) is 24.9 Å². The zero-order chi connectivity index (χ0) is 31.2. The fourth-order valence-corrected chi connectivity index (χ4v) is 5.23. The van der Waals surface area contributed by atoms with Gasteiger partial charge in [-0.1, -0.05) is 18.2 Å². The summed E-state index contributed by atoms with van der Waals surface area (Å²) < 4.78 is 62.1. The Kier molecular flexibility index (Phi) is 7.23. The molecule has 1 aromatic carbocycles. The van der Waals surface area contributed by atoms with Crippen LogP contribution in [0.4, 0.5) is 17.6 Å². The van der Waals surface area contributed by atoms with Crippen LogP contribution in [0.2, 0.25) is 0 Å². The fraction of sp³-hybridized carbons (Fsp3) is 0.194. The Bertz CT molecular complexity index is 1910. The summed E-state index contributed by atoms with van der Waals surface area (Å²) in [6.45, 7) is -1.83. The summed E-state index contributed by atoms with van der Waals surface area (Å²) in [4.78, 5) is 34.5. The van der Waals surface area contributed by atoms with Gasteiger partial charge in [-0.3, -0.25) is 14.6 Å². The van der Waals surface area contributed by atoms with Crippen LogP contribution in [0.15, 0.2) is 67.0 Å². The Labute approximate surface area is 247 Å². The molecule has 6 rings (SSSR count). The monoisotopic (exact) mass is 604 g/mol. The molecule has 4 aromatic heterocycles. The predicted molar refractivity (Wildman–Crippen MR) is 150 cm³/mol. The maximum Gasteiger partial charge on any atom is 0.388 e. The lowest BCUT2D eigenvalue weighted by Gasteiger charge is -2.19. The zero-order valence-corrected chi connectivity index (χ0v) is 23.2. The molecule has 0 atom stereocenters. The summed E-state index contributed by atoms with van der Waals surface area (Å²) in [5.41, 5.74) is 5.61. The second kappa shape index (κ2) is 11.1. The molecule has 13 heteroatoms. The number of primary amides is 1. The number of benzene rings is 1. The van der Waals surface area contributed by atoms with E-state index < -0.39 is 41.5 Å². The van der Waals surface area contributed by atoms with Gasteiger partial charge >= 0.3 is 6.61 Å². The van der Waals surface area contributed by atoms with Gasteiger partial charge in [0.25, 0.3) is 11.8 Å². The van der Waals surface area contributed by atoms with E-state index in [0.29, 0.717) is 24.1 Å². The quantitative estimate of drug-likeness (QED) is 0.226. The Morgan fingerprint density at radius 3 is 2.48 bits per heavy atom. The first-order chi connectivity index (χ1) is 21.1. The number of ether oxygens (including phenoxy) is 1. The third-order valence-electron chi connectivity index (χ3n) is 7.51. The van der Waals surface area contributed by atoms with E-state index in [2.05, 4.69) is 25.1 Å². The van der Waals surface area contributed by atoms with Crippen molar-refractivity contribution in [1.29, 1.82) is 0 Å². The molecule has 0 spiro atoms. The predicted octanol–water partition coefficient (Wildman–Crippen LogP) is 5.09. The first-order valence-electron chi connectivity index (χ1n) is 13.5. The summed E-state index contributed by atoms with van der Waals surface area (Å²) in [6, 6.07) is 13.3. The number of hydrogen-bond donors (Lipinski definition) is 2. The fourth-order valence-electron chi connectivity index (χ4n) is 5.23. The number of amides is 2. The number of halogens is 4. The molecule has 44 heavy (non-hydrogen) atoms. The lowest BCUT2D eigenvalue weighted by atomic mass is 9.99. The van der Waals surface area contributed by atoms with Gasteiger partial charge < -0.3 is 15.8 Å². The normalized spacial score (nSPS) is 13.7. The highest BCUT2D eigenvalue weighted by atomic mass is 19.3. The van der Waals surface area contributed by atoms with Crippen molar-refractivity contribution in [2.45, 2.75) is 38.3 Å². The highest BCUT2D eigenvalue weighted by molar-refractivity contribution is 6.02. The van der Waals surface area contributed by atoms with E-state index in [4.69, 9.17) is 5.73 Å². The van der Waals surface area contributed by atoms with Gasteiger partial charge in [0.2, 0.25) is 5.88 Å². The van der Waals surface area contributed by atoms with Gasteiger partial charge in [-0.25, -0.2) is 18.3 Å². The lowest BCUT2D eigenvalue weighted by Crippen LogP contribution is -2.36. The SMILES string of the molecule is Cc1nc(OC(F)F)c(C(=O)NC2(c3ccccn3)CC2)cc1-c1ccn2nc(Cc3ccc(F)cc3)c(C(N)=O)c2c1F. The summed E-state index contributed by atoms with van der Waals surface area (Å²) in [7, 11) is 0. The molecule has 224 valence electrons. The van der Waals surface area contributed by atoms with Crippen molar-refractivity contribution in [3.63, 3.8) is 0 Å². The van der Waals surface area contributed by atoms with E-state index in [9.17, 15) is 22.8 Å². The van der Waals surface area contributed by atoms with Gasteiger partial charge in [-0.15, -0.1) is 0 Å². The summed E-state index contributed by atoms with van der Waals surface area (Å²) in [6.07, 6.45) is 4.21. The molecule has 9 nitrogen and oxygen atoms in total. The third-order valence-corrected chi connectivity index (χ3v) is 7.51. The van der Waals surface area contributed by atoms with E-state index >= 15 is 4.39 Å². The Hall–Kier alpha value is -5.33. The number of hydrogen-bond acceptors (Lipinski definition) is 6. The van der Waals surface area contributed by atoms with Crippen LogP contribution in [-0.2, 0) is 12.0 Å². The molecule has 0 radical (unpaired) electrons. The number of nitrogens with one attached hydrogen (secondary N) is 1. The van der Waals surface area contributed by atoms with Crippen molar-refractivity contribution in [3.8, 4) is 17.0 Å². The van der Waals surface area contributed by atoms with Crippen LogP contribution in [0, 0.1) is 18.6 Å². The van der Waals surface area contributed by atoms with Gasteiger partial charge in [0.05, 0.1) is 22.5 Å². The average molecular weight is 605 g/mol. The second-order valence-electron chi connectivity index (χ2n) is 10.4. The van der Waals surface area contributed by atoms with Crippen LogP contribution >= 0.6 is 0 Å². The molecule has 2 amide bonds. The number of aromatic nitrogens is 4. The molecular formula is C31H24F4N6O3. The molecule has 1 saturated carbocycles. The lowest BCUT2D eigenvalue weighted by molar-refractivity contribution is -0.0532. The highest BCUT2D eigenvalue weighted by Gasteiger charge is 2.47. The maximum absolute atomic E-state index is 16.3. The van der Waals surface area contributed by atoms with Crippen molar-refractivity contribution in [3.05, 3.63) is 112 Å².